The zero-order valence-corrected chi connectivity index (χ0v) is 37.0. The Morgan fingerprint density at radius 3 is 1.81 bits per heavy atom. The van der Waals surface area contributed by atoms with Crippen molar-refractivity contribution >= 4 is 65.0 Å². The van der Waals surface area contributed by atoms with Crippen LogP contribution in [0.1, 0.15) is 29.0 Å². The van der Waals surface area contributed by atoms with Crippen molar-refractivity contribution in [1.82, 2.24) is 15.0 Å². The van der Waals surface area contributed by atoms with Crippen molar-refractivity contribution < 1.29 is 4.42 Å². The van der Waals surface area contributed by atoms with Gasteiger partial charge in [-0.1, -0.05) is 200 Å². The first-order valence-electron chi connectivity index (χ1n) is 23.5. The third-order valence-electron chi connectivity index (χ3n) is 14.3. The van der Waals surface area contributed by atoms with Crippen LogP contribution in [0.15, 0.2) is 223 Å². The number of nitrogens with zero attached hydrogens (tertiary/aromatic N) is 3. The first kappa shape index (κ1) is 38.5. The quantitative estimate of drug-likeness (QED) is 0.173. The molecule has 4 nitrogen and oxygen atoms in total. The first-order valence-corrected chi connectivity index (χ1v) is 23.5. The second kappa shape index (κ2) is 15.4. The van der Waals surface area contributed by atoms with Gasteiger partial charge in [-0.2, -0.15) is 0 Å². The summed E-state index contributed by atoms with van der Waals surface area (Å²) in [6.07, 6.45) is 1.72. The van der Waals surface area contributed by atoms with Crippen LogP contribution in [0.3, 0.4) is 0 Å². The summed E-state index contributed by atoms with van der Waals surface area (Å²) in [5, 5.41) is 11.6. The molecule has 0 saturated heterocycles. The number of hydrogen-bond donors (Lipinski definition) is 0. The maximum absolute atomic E-state index is 7.30. The molecule has 1 aliphatic carbocycles. The predicted molar refractivity (Wildman–Crippen MR) is 281 cm³/mol. The van der Waals surface area contributed by atoms with Crippen LogP contribution in [0.5, 0.6) is 0 Å². The monoisotopic (exact) mass is 867 g/mol. The zero-order valence-electron chi connectivity index (χ0n) is 37.0. The fourth-order valence-electron chi connectivity index (χ4n) is 11.3. The lowest BCUT2D eigenvalue weighted by Crippen LogP contribution is -2.09. The maximum atomic E-state index is 7.30. The minimum absolute atomic E-state index is 0.114. The lowest BCUT2D eigenvalue weighted by atomic mass is 9.78. The molecule has 318 valence electrons. The van der Waals surface area contributed by atoms with E-state index in [1.54, 1.807) is 0 Å². The lowest BCUT2D eigenvalue weighted by Gasteiger charge is -2.25. The number of rotatable bonds is 5. The molecule has 0 saturated carbocycles. The van der Waals surface area contributed by atoms with Crippen LogP contribution in [0.4, 0.5) is 0 Å². The van der Waals surface area contributed by atoms with Crippen molar-refractivity contribution in [1.29, 1.82) is 0 Å². The minimum Gasteiger partial charge on any atom is -0.456 e. The highest BCUT2D eigenvalue weighted by Gasteiger charge is 2.34. The molecule has 2 aromatic heterocycles. The largest absolute Gasteiger partial charge is 0.456 e. The second-order valence-corrected chi connectivity index (χ2v) is 18.1. The van der Waals surface area contributed by atoms with Gasteiger partial charge in [0.2, 0.25) is 0 Å². The summed E-state index contributed by atoms with van der Waals surface area (Å²) in [5.74, 6) is 1.74. The molecule has 13 aromatic rings. The number of para-hydroxylation sites is 1. The summed E-state index contributed by atoms with van der Waals surface area (Å²) in [4.78, 5) is 16.7. The Kier molecular flexibility index (Phi) is 8.75. The van der Waals surface area contributed by atoms with E-state index in [9.17, 15) is 0 Å². The molecule has 1 unspecified atom stereocenters. The third-order valence-corrected chi connectivity index (χ3v) is 14.3. The summed E-state index contributed by atoms with van der Waals surface area (Å²) in [7, 11) is 0. The molecule has 1 aliphatic rings. The van der Waals surface area contributed by atoms with E-state index in [0.29, 0.717) is 17.5 Å². The van der Waals surface area contributed by atoms with Crippen molar-refractivity contribution in [2.24, 2.45) is 0 Å². The molecular weight excluding hydrogens is 827 g/mol. The standard InChI is InChI=1S/C64H41N3O/c1-2-16-39(17-3-1)42-23-14-24-46(37-42)62-65-63(52-30-15-22-40-18-6-8-25-47(40)52)67-64(66-62)60-50-28-11-10-27-49(50)58-53-29-12-13-31-56(53)68-61(58)59(60)54-35-33-45-36-43-20-4-5-21-44(43)38-55(45)51-34-32-41-19-7-9-26-48(41)57(51)54/h1-32,34,36-38,54H,33,35H2. The highest BCUT2D eigenvalue weighted by molar-refractivity contribution is 6.23. The summed E-state index contributed by atoms with van der Waals surface area (Å²) >= 11 is 0. The van der Waals surface area contributed by atoms with Gasteiger partial charge in [0.1, 0.15) is 11.2 Å². The molecule has 0 aliphatic heterocycles. The number of fused-ring (bicyclic) bond motifs is 12. The van der Waals surface area contributed by atoms with Crippen LogP contribution in [-0.4, -0.2) is 15.0 Å². The lowest BCUT2D eigenvalue weighted by molar-refractivity contribution is 0.649. The summed E-state index contributed by atoms with van der Waals surface area (Å²) in [6.45, 7) is 0. The molecule has 11 aromatic carbocycles. The van der Waals surface area contributed by atoms with Gasteiger partial charge in [-0.05, 0) is 108 Å². The second-order valence-electron chi connectivity index (χ2n) is 18.1. The maximum Gasteiger partial charge on any atom is 0.165 e. The van der Waals surface area contributed by atoms with E-state index in [4.69, 9.17) is 19.4 Å². The molecule has 0 bridgehead atoms. The van der Waals surface area contributed by atoms with E-state index >= 15 is 0 Å². The molecule has 0 radical (unpaired) electrons. The van der Waals surface area contributed by atoms with Crippen molar-refractivity contribution in [3.63, 3.8) is 0 Å². The molecule has 0 spiro atoms. The van der Waals surface area contributed by atoms with Gasteiger partial charge >= 0.3 is 0 Å². The van der Waals surface area contributed by atoms with Crippen LogP contribution >= 0.6 is 0 Å². The molecule has 68 heavy (non-hydrogen) atoms. The Bertz CT molecular complexity index is 4160. The number of aryl methyl sites for hydroxylation is 1. The van der Waals surface area contributed by atoms with Gasteiger partial charge < -0.3 is 4.42 Å². The number of benzene rings is 11. The van der Waals surface area contributed by atoms with E-state index in [-0.39, 0.29) is 5.92 Å². The topological polar surface area (TPSA) is 51.8 Å². The van der Waals surface area contributed by atoms with Crippen LogP contribution in [-0.2, 0) is 6.42 Å². The van der Waals surface area contributed by atoms with Crippen molar-refractivity contribution in [2.45, 2.75) is 18.8 Å². The predicted octanol–water partition coefficient (Wildman–Crippen LogP) is 16.8. The average molecular weight is 868 g/mol. The Balaban J connectivity index is 1.12. The molecule has 1 atom stereocenters. The first-order chi connectivity index (χ1) is 33.7. The van der Waals surface area contributed by atoms with E-state index < -0.39 is 0 Å². The molecule has 4 heteroatoms. The zero-order chi connectivity index (χ0) is 44.7. The van der Waals surface area contributed by atoms with Gasteiger partial charge in [-0.3, -0.25) is 0 Å². The average Bonchev–Trinajstić information content (AvgIpc) is 3.72. The molecule has 0 amide bonds. The molecule has 2 heterocycles. The fraction of sp³-hybridized carbons (Fsp3) is 0.0469. The Hall–Kier alpha value is -8.73. The number of furan rings is 1. The summed E-state index contributed by atoms with van der Waals surface area (Å²) in [6, 6.07) is 78.4. The van der Waals surface area contributed by atoms with Gasteiger partial charge in [0.05, 0.1) is 0 Å². The van der Waals surface area contributed by atoms with Crippen LogP contribution in [0.25, 0.3) is 121 Å². The molecule has 0 fully saturated rings. The highest BCUT2D eigenvalue weighted by Crippen LogP contribution is 2.53. The van der Waals surface area contributed by atoms with Crippen LogP contribution in [0.2, 0.25) is 0 Å². The minimum atomic E-state index is -0.114. The Labute approximate surface area is 392 Å². The van der Waals surface area contributed by atoms with Crippen LogP contribution in [0, 0.1) is 0 Å². The van der Waals surface area contributed by atoms with Gasteiger partial charge in [0, 0.05) is 38.9 Å². The number of aromatic nitrogens is 3. The van der Waals surface area contributed by atoms with Gasteiger partial charge in [-0.25, -0.2) is 15.0 Å². The van der Waals surface area contributed by atoms with Gasteiger partial charge in [0.15, 0.2) is 17.5 Å². The van der Waals surface area contributed by atoms with E-state index in [1.807, 2.05) is 0 Å². The normalized spacial score (nSPS) is 13.6. The Morgan fingerprint density at radius 1 is 0.368 bits per heavy atom. The van der Waals surface area contributed by atoms with E-state index in [0.717, 1.165) is 89.7 Å². The van der Waals surface area contributed by atoms with Crippen molar-refractivity contribution in [2.75, 3.05) is 0 Å². The van der Waals surface area contributed by atoms with Gasteiger partial charge in [0.25, 0.3) is 0 Å². The van der Waals surface area contributed by atoms with Gasteiger partial charge in [-0.15, -0.1) is 0 Å². The smallest absolute Gasteiger partial charge is 0.165 e. The van der Waals surface area contributed by atoms with E-state index in [1.165, 1.54) is 43.8 Å². The highest BCUT2D eigenvalue weighted by atomic mass is 16.3. The molecule has 0 N–H and O–H groups in total. The van der Waals surface area contributed by atoms with E-state index in [2.05, 4.69) is 218 Å². The van der Waals surface area contributed by atoms with Crippen molar-refractivity contribution in [3.8, 4) is 56.4 Å². The summed E-state index contributed by atoms with van der Waals surface area (Å²) < 4.78 is 7.30. The SMILES string of the molecule is c1ccc(-c2cccc(-c3nc(-c4cccc5ccccc45)nc(-c4c(C5CCc6cc7ccccc7cc6-c6ccc7ccccc7c65)c5oc6ccccc6c5c5ccccc45)n3)c2)cc1. The Morgan fingerprint density at radius 2 is 0.971 bits per heavy atom. The van der Waals surface area contributed by atoms with Crippen molar-refractivity contribution in [3.05, 3.63) is 235 Å². The number of hydrogen-bond acceptors (Lipinski definition) is 4. The molecular formula is C64H41N3O. The fourth-order valence-corrected chi connectivity index (χ4v) is 11.3. The van der Waals surface area contributed by atoms with Crippen LogP contribution < -0.4 is 0 Å². The third kappa shape index (κ3) is 6.11. The molecule has 14 rings (SSSR count). The summed E-state index contributed by atoms with van der Waals surface area (Å²) in [5.41, 5.74) is 13.1.